The molecule has 0 radical (unpaired) electrons. The Labute approximate surface area is 144 Å². The van der Waals surface area contributed by atoms with Crippen LogP contribution in [0.1, 0.15) is 25.7 Å². The fraction of sp³-hybridized carbons (Fsp3) is 0.562. The Kier molecular flexibility index (Phi) is 9.21. The number of rotatable bonds is 8. The smallest absolute Gasteiger partial charge is 0.190 e. The third-order valence-electron chi connectivity index (χ3n) is 3.39. The molecule has 1 aliphatic carbocycles. The molecule has 0 atom stereocenters. The van der Waals surface area contributed by atoms with Crippen LogP contribution in [0, 0.1) is 5.92 Å². The summed E-state index contributed by atoms with van der Waals surface area (Å²) in [5.74, 6) is 2.78. The third kappa shape index (κ3) is 8.14. The Hall–Kier alpha value is -0.980. The molecule has 0 unspecified atom stereocenters. The monoisotopic (exact) mass is 403 g/mol. The highest BCUT2D eigenvalue weighted by molar-refractivity contribution is 14.0. The van der Waals surface area contributed by atoms with Crippen molar-refractivity contribution in [2.75, 3.05) is 26.7 Å². The van der Waals surface area contributed by atoms with Crippen molar-refractivity contribution in [2.24, 2.45) is 10.9 Å². The highest BCUT2D eigenvalue weighted by atomic mass is 127. The first-order valence-corrected chi connectivity index (χ1v) is 7.51. The number of para-hydroxylation sites is 1. The summed E-state index contributed by atoms with van der Waals surface area (Å²) >= 11 is 0. The fourth-order valence-electron chi connectivity index (χ4n) is 2.01. The summed E-state index contributed by atoms with van der Waals surface area (Å²) in [5, 5.41) is 6.66. The second-order valence-electron chi connectivity index (χ2n) is 5.17. The van der Waals surface area contributed by atoms with E-state index in [9.17, 15) is 0 Å². The van der Waals surface area contributed by atoms with Crippen molar-refractivity contribution in [3.63, 3.8) is 0 Å². The number of benzene rings is 1. The van der Waals surface area contributed by atoms with Crippen molar-refractivity contribution in [1.29, 1.82) is 0 Å². The average Bonchev–Trinajstić information content (AvgIpc) is 3.30. The summed E-state index contributed by atoms with van der Waals surface area (Å²) in [6, 6.07) is 9.92. The van der Waals surface area contributed by atoms with Gasteiger partial charge in [0.05, 0.1) is 6.61 Å². The lowest BCUT2D eigenvalue weighted by atomic mass is 10.3. The van der Waals surface area contributed by atoms with Crippen molar-refractivity contribution in [1.82, 2.24) is 10.6 Å². The van der Waals surface area contributed by atoms with Gasteiger partial charge in [-0.05, 0) is 30.9 Å². The molecule has 0 spiro atoms. The second kappa shape index (κ2) is 10.7. The lowest BCUT2D eigenvalue weighted by molar-refractivity contribution is 0.311. The highest BCUT2D eigenvalue weighted by Crippen LogP contribution is 2.31. The van der Waals surface area contributed by atoms with Crippen LogP contribution in [0.25, 0.3) is 0 Å². The largest absolute Gasteiger partial charge is 0.494 e. The second-order valence-corrected chi connectivity index (χ2v) is 5.17. The molecule has 118 valence electrons. The maximum atomic E-state index is 5.64. The number of nitrogens with one attached hydrogen (secondary N) is 2. The minimum Gasteiger partial charge on any atom is -0.494 e. The molecule has 2 N–H and O–H groups in total. The summed E-state index contributed by atoms with van der Waals surface area (Å²) in [6.07, 6.45) is 5.03. The molecule has 0 aromatic heterocycles. The molecule has 2 rings (SSSR count). The maximum absolute atomic E-state index is 5.64. The normalized spacial score (nSPS) is 14.2. The Morgan fingerprint density at radius 1 is 1.19 bits per heavy atom. The van der Waals surface area contributed by atoms with E-state index in [2.05, 4.69) is 15.6 Å². The summed E-state index contributed by atoms with van der Waals surface area (Å²) in [6.45, 7) is 2.61. The van der Waals surface area contributed by atoms with Gasteiger partial charge < -0.3 is 15.4 Å². The predicted molar refractivity (Wildman–Crippen MR) is 98.7 cm³/mol. The van der Waals surface area contributed by atoms with Gasteiger partial charge >= 0.3 is 0 Å². The molecule has 4 nitrogen and oxygen atoms in total. The summed E-state index contributed by atoms with van der Waals surface area (Å²) in [5.41, 5.74) is 0. The van der Waals surface area contributed by atoms with Crippen LogP contribution in [0.4, 0.5) is 0 Å². The number of hydrogen-bond acceptors (Lipinski definition) is 2. The van der Waals surface area contributed by atoms with Crippen LogP contribution in [0.5, 0.6) is 5.75 Å². The molecule has 0 saturated heterocycles. The molecule has 0 bridgehead atoms. The molecule has 21 heavy (non-hydrogen) atoms. The van der Waals surface area contributed by atoms with Crippen molar-refractivity contribution in [2.45, 2.75) is 25.7 Å². The zero-order chi connectivity index (χ0) is 14.0. The zero-order valence-corrected chi connectivity index (χ0v) is 15.0. The Bertz CT molecular complexity index is 407. The zero-order valence-electron chi connectivity index (χ0n) is 12.7. The van der Waals surface area contributed by atoms with Gasteiger partial charge in [0.25, 0.3) is 0 Å². The average molecular weight is 403 g/mol. The first-order chi connectivity index (χ1) is 9.88. The van der Waals surface area contributed by atoms with Crippen LogP contribution < -0.4 is 15.4 Å². The minimum absolute atomic E-state index is 0. The lowest BCUT2D eigenvalue weighted by Crippen LogP contribution is -2.38. The molecule has 1 aliphatic rings. The molecule has 0 heterocycles. The number of ether oxygens (including phenoxy) is 1. The van der Waals surface area contributed by atoms with Crippen molar-refractivity contribution >= 4 is 29.9 Å². The number of aliphatic imine (C=N–C) groups is 1. The van der Waals surface area contributed by atoms with Crippen LogP contribution in [0.3, 0.4) is 0 Å². The van der Waals surface area contributed by atoms with E-state index in [1.54, 1.807) is 0 Å². The van der Waals surface area contributed by atoms with Gasteiger partial charge in [-0.2, -0.15) is 0 Å². The van der Waals surface area contributed by atoms with Crippen LogP contribution >= 0.6 is 24.0 Å². The van der Waals surface area contributed by atoms with Gasteiger partial charge in [-0.15, -0.1) is 24.0 Å². The molecule has 5 heteroatoms. The maximum Gasteiger partial charge on any atom is 0.190 e. The SMILES string of the molecule is CN=C(NCCCOc1ccccc1)NCCC1CC1.I. The van der Waals surface area contributed by atoms with Crippen LogP contribution in [-0.2, 0) is 0 Å². The predicted octanol–water partition coefficient (Wildman–Crippen LogP) is 3.04. The molecule has 0 aliphatic heterocycles. The Morgan fingerprint density at radius 3 is 2.57 bits per heavy atom. The number of guanidine groups is 1. The lowest BCUT2D eigenvalue weighted by Gasteiger charge is -2.12. The summed E-state index contributed by atoms with van der Waals surface area (Å²) < 4.78 is 5.64. The van der Waals surface area contributed by atoms with E-state index >= 15 is 0 Å². The Balaban J connectivity index is 0.00000220. The first-order valence-electron chi connectivity index (χ1n) is 7.51. The van der Waals surface area contributed by atoms with Gasteiger partial charge in [0, 0.05) is 20.1 Å². The van der Waals surface area contributed by atoms with E-state index in [0.29, 0.717) is 0 Å². The van der Waals surface area contributed by atoms with Gasteiger partial charge in [0.1, 0.15) is 5.75 Å². The summed E-state index contributed by atoms with van der Waals surface area (Å²) in [4.78, 5) is 4.21. The topological polar surface area (TPSA) is 45.7 Å². The van der Waals surface area contributed by atoms with Crippen molar-refractivity contribution in [3.8, 4) is 5.75 Å². The van der Waals surface area contributed by atoms with Gasteiger partial charge in [0.15, 0.2) is 5.96 Å². The van der Waals surface area contributed by atoms with E-state index in [-0.39, 0.29) is 24.0 Å². The van der Waals surface area contributed by atoms with Gasteiger partial charge in [-0.25, -0.2) is 0 Å². The molecule has 1 aromatic carbocycles. The van der Waals surface area contributed by atoms with E-state index < -0.39 is 0 Å². The molecular formula is C16H26IN3O. The molecule has 1 fully saturated rings. The molecule has 0 amide bonds. The van der Waals surface area contributed by atoms with Crippen LogP contribution in [-0.4, -0.2) is 32.7 Å². The molecule has 1 saturated carbocycles. The number of hydrogen-bond donors (Lipinski definition) is 2. The number of halogens is 1. The minimum atomic E-state index is 0. The van der Waals surface area contributed by atoms with E-state index in [4.69, 9.17) is 4.74 Å². The van der Waals surface area contributed by atoms with Gasteiger partial charge in [-0.3, -0.25) is 4.99 Å². The molecular weight excluding hydrogens is 377 g/mol. The van der Waals surface area contributed by atoms with Crippen molar-refractivity contribution in [3.05, 3.63) is 30.3 Å². The van der Waals surface area contributed by atoms with Gasteiger partial charge in [0.2, 0.25) is 0 Å². The van der Waals surface area contributed by atoms with E-state index in [1.807, 2.05) is 37.4 Å². The Morgan fingerprint density at radius 2 is 1.90 bits per heavy atom. The highest BCUT2D eigenvalue weighted by Gasteiger charge is 2.20. The van der Waals surface area contributed by atoms with Crippen LogP contribution in [0.2, 0.25) is 0 Å². The summed E-state index contributed by atoms with van der Waals surface area (Å²) in [7, 11) is 1.81. The van der Waals surface area contributed by atoms with E-state index in [1.165, 1.54) is 19.3 Å². The first kappa shape index (κ1) is 18.1. The van der Waals surface area contributed by atoms with Gasteiger partial charge in [-0.1, -0.05) is 31.0 Å². The van der Waals surface area contributed by atoms with Crippen LogP contribution in [0.15, 0.2) is 35.3 Å². The van der Waals surface area contributed by atoms with E-state index in [0.717, 1.165) is 43.7 Å². The number of nitrogens with zero attached hydrogens (tertiary/aromatic N) is 1. The van der Waals surface area contributed by atoms with Crippen molar-refractivity contribution < 1.29 is 4.74 Å². The third-order valence-corrected chi connectivity index (χ3v) is 3.39. The quantitative estimate of drug-likeness (QED) is 0.304. The fourth-order valence-corrected chi connectivity index (χ4v) is 2.01. The molecule has 1 aromatic rings. The standard InChI is InChI=1S/C16H25N3O.HI/c1-17-16(19-12-10-14-8-9-14)18-11-5-13-20-15-6-3-2-4-7-15;/h2-4,6-7,14H,5,8-13H2,1H3,(H2,17,18,19);1H.